The van der Waals surface area contributed by atoms with E-state index < -0.39 is 30.3 Å². The second-order valence-corrected chi connectivity index (χ2v) is 14.6. The van der Waals surface area contributed by atoms with Gasteiger partial charge in [-0.25, -0.2) is 14.6 Å². The summed E-state index contributed by atoms with van der Waals surface area (Å²) in [6, 6.07) is 16.8. The van der Waals surface area contributed by atoms with Gasteiger partial charge >= 0.3 is 12.1 Å². The van der Waals surface area contributed by atoms with Crippen LogP contribution in [0.5, 0.6) is 0 Å². The molecule has 2 aromatic carbocycles. The normalized spacial score (nSPS) is 13.6. The Morgan fingerprint density at radius 3 is 2.24 bits per heavy atom. The summed E-state index contributed by atoms with van der Waals surface area (Å²) in [5, 5.41) is 23.5. The molecule has 0 bridgehead atoms. The number of carbonyl (C=O) groups is 3. The number of aryl methyl sites for hydroxylation is 1. The molecule has 4 rings (SSSR count). The van der Waals surface area contributed by atoms with Crippen molar-refractivity contribution in [1.29, 1.82) is 0 Å². The smallest absolute Gasteiger partial charge is 0.407 e. The Labute approximate surface area is 302 Å². The van der Waals surface area contributed by atoms with Crippen LogP contribution in [0.15, 0.2) is 77.8 Å². The predicted molar refractivity (Wildman–Crippen MR) is 197 cm³/mol. The number of aliphatic hydroxyl groups excluding tert-OH is 1. The van der Waals surface area contributed by atoms with Crippen molar-refractivity contribution < 1.29 is 24.2 Å². The lowest BCUT2D eigenvalue weighted by atomic mass is 9.93. The topological polar surface area (TPSA) is 146 Å². The van der Waals surface area contributed by atoms with E-state index in [-0.39, 0.29) is 30.9 Å². The summed E-state index contributed by atoms with van der Waals surface area (Å²) in [5.74, 6) is -0.573. The number of alkyl carbamates (subject to hydrolysis) is 1. The van der Waals surface area contributed by atoms with Crippen LogP contribution >= 0.6 is 22.7 Å². The Morgan fingerprint density at radius 2 is 1.62 bits per heavy atom. The van der Waals surface area contributed by atoms with Gasteiger partial charge < -0.3 is 30.7 Å². The molecule has 0 saturated heterocycles. The third-order valence-electron chi connectivity index (χ3n) is 8.13. The minimum Gasteiger partial charge on any atom is -0.444 e. The molecular formula is C37H48N6O5S2. The van der Waals surface area contributed by atoms with Gasteiger partial charge in [0.15, 0.2) is 0 Å². The number of aromatic nitrogens is 2. The minimum absolute atomic E-state index is 0.0680. The molecule has 0 aliphatic rings. The first-order chi connectivity index (χ1) is 24.1. The molecule has 0 radical (unpaired) electrons. The Kier molecular flexibility index (Phi) is 15.2. The van der Waals surface area contributed by atoms with E-state index in [2.05, 4.69) is 32.8 Å². The summed E-state index contributed by atoms with van der Waals surface area (Å²) in [6.07, 6.45) is 2.74. The van der Waals surface area contributed by atoms with E-state index in [1.165, 1.54) is 16.2 Å². The van der Waals surface area contributed by atoms with Gasteiger partial charge in [-0.3, -0.25) is 9.78 Å². The van der Waals surface area contributed by atoms with E-state index in [4.69, 9.17) is 4.74 Å². The molecule has 4 N–H and O–H groups in total. The van der Waals surface area contributed by atoms with Gasteiger partial charge in [-0.2, -0.15) is 0 Å². The van der Waals surface area contributed by atoms with Crippen molar-refractivity contribution in [3.63, 3.8) is 0 Å². The molecular weight excluding hydrogens is 673 g/mol. The van der Waals surface area contributed by atoms with E-state index in [9.17, 15) is 19.5 Å². The van der Waals surface area contributed by atoms with Crippen LogP contribution < -0.4 is 16.0 Å². The minimum atomic E-state index is -1.05. The quantitative estimate of drug-likeness (QED) is 0.103. The van der Waals surface area contributed by atoms with Crippen LogP contribution in [0, 0.1) is 5.92 Å². The molecule has 4 atom stereocenters. The number of rotatable bonds is 18. The average molecular weight is 721 g/mol. The van der Waals surface area contributed by atoms with Crippen molar-refractivity contribution in [2.75, 3.05) is 7.05 Å². The average Bonchev–Trinajstić information content (AvgIpc) is 3.79. The second kappa shape index (κ2) is 19.8. The molecule has 13 heteroatoms. The molecule has 0 fully saturated rings. The molecule has 0 saturated carbocycles. The van der Waals surface area contributed by atoms with Gasteiger partial charge in [0.2, 0.25) is 5.91 Å². The molecule has 0 aliphatic carbocycles. The number of aliphatic hydroxyl groups is 1. The van der Waals surface area contributed by atoms with Gasteiger partial charge in [0, 0.05) is 24.7 Å². The first kappa shape index (κ1) is 38.5. The van der Waals surface area contributed by atoms with Crippen LogP contribution in [0.3, 0.4) is 0 Å². The lowest BCUT2D eigenvalue weighted by molar-refractivity contribution is -0.124. The largest absolute Gasteiger partial charge is 0.444 e. The maximum atomic E-state index is 13.9. The summed E-state index contributed by atoms with van der Waals surface area (Å²) in [6.45, 7) is 6.25. The molecule has 2 aromatic heterocycles. The number of urea groups is 1. The fraction of sp³-hybridized carbons (Fsp3) is 0.432. The first-order valence-electron chi connectivity index (χ1n) is 16.9. The molecule has 4 amide bonds. The number of thiazole rings is 2. The summed E-state index contributed by atoms with van der Waals surface area (Å²) >= 11 is 2.97. The predicted octanol–water partition coefficient (Wildman–Crippen LogP) is 5.73. The van der Waals surface area contributed by atoms with Crippen LogP contribution in [-0.4, -0.2) is 69.3 Å². The van der Waals surface area contributed by atoms with Crippen LogP contribution in [0.4, 0.5) is 9.59 Å². The van der Waals surface area contributed by atoms with Crippen LogP contribution in [0.25, 0.3) is 0 Å². The summed E-state index contributed by atoms with van der Waals surface area (Å²) < 4.78 is 5.43. The Balaban J connectivity index is 1.46. The van der Waals surface area contributed by atoms with Crippen LogP contribution in [0.2, 0.25) is 0 Å². The highest BCUT2D eigenvalue weighted by Crippen LogP contribution is 2.17. The Morgan fingerprint density at radius 1 is 0.940 bits per heavy atom. The van der Waals surface area contributed by atoms with Crippen molar-refractivity contribution >= 4 is 40.7 Å². The monoisotopic (exact) mass is 720 g/mol. The number of hydrogen-bond acceptors (Lipinski definition) is 9. The molecule has 0 unspecified atom stereocenters. The SMILES string of the molecule is CCCc1nc(CN(C)C(=O)N[C@H](C(=O)N[C@H](Cc2ccccc2)C[C@@H](O)[C@@H](Cc2ccccc2)NC(=O)OCc2cncs2)C(C)C)cs1. The van der Waals surface area contributed by atoms with Gasteiger partial charge in [-0.05, 0) is 49.1 Å². The Bertz CT molecular complexity index is 1600. The highest BCUT2D eigenvalue weighted by Gasteiger charge is 2.31. The van der Waals surface area contributed by atoms with Crippen molar-refractivity contribution in [1.82, 2.24) is 30.8 Å². The first-order valence-corrected chi connectivity index (χ1v) is 18.7. The zero-order valence-electron chi connectivity index (χ0n) is 29.1. The lowest BCUT2D eigenvalue weighted by Gasteiger charge is -2.30. The van der Waals surface area contributed by atoms with E-state index in [1.807, 2.05) is 79.9 Å². The molecule has 0 aliphatic heterocycles. The fourth-order valence-electron chi connectivity index (χ4n) is 5.48. The van der Waals surface area contributed by atoms with Crippen LogP contribution in [0.1, 0.15) is 60.3 Å². The van der Waals surface area contributed by atoms with Crippen molar-refractivity contribution in [3.8, 4) is 0 Å². The van der Waals surface area contributed by atoms with Gasteiger partial charge in [-0.1, -0.05) is 81.4 Å². The number of nitrogens with zero attached hydrogens (tertiary/aromatic N) is 3. The summed E-state index contributed by atoms with van der Waals surface area (Å²) in [7, 11) is 1.68. The van der Waals surface area contributed by atoms with Crippen molar-refractivity contribution in [3.05, 3.63) is 104 Å². The molecule has 50 heavy (non-hydrogen) atoms. The van der Waals surface area contributed by atoms with Crippen molar-refractivity contribution in [2.24, 2.45) is 5.92 Å². The lowest BCUT2D eigenvalue weighted by Crippen LogP contribution is -2.55. The number of hydrogen-bond donors (Lipinski definition) is 4. The second-order valence-electron chi connectivity index (χ2n) is 12.7. The van der Waals surface area contributed by atoms with E-state index in [0.717, 1.165) is 39.5 Å². The van der Waals surface area contributed by atoms with Crippen LogP contribution in [-0.2, 0) is 41.9 Å². The fourth-order valence-corrected chi connectivity index (χ4v) is 6.87. The zero-order valence-corrected chi connectivity index (χ0v) is 30.7. The number of carbonyl (C=O) groups excluding carboxylic acids is 3. The molecule has 0 spiro atoms. The number of nitrogens with one attached hydrogen (secondary N) is 3. The molecule has 268 valence electrons. The summed E-state index contributed by atoms with van der Waals surface area (Å²) in [5.41, 5.74) is 4.37. The zero-order chi connectivity index (χ0) is 35.9. The highest BCUT2D eigenvalue weighted by atomic mass is 32.1. The van der Waals surface area contributed by atoms with E-state index in [1.54, 1.807) is 30.1 Å². The maximum Gasteiger partial charge on any atom is 0.407 e. The van der Waals surface area contributed by atoms with E-state index >= 15 is 0 Å². The standard InChI is InChI=1S/C37H48N6O5S2/c1-5-12-33-39-29(23-49-33)21-43(4)36(46)42-34(25(2)3)35(45)40-28(17-26-13-8-6-9-14-26)19-32(44)31(18-27-15-10-7-11-16-27)41-37(47)48-22-30-20-38-24-50-30/h6-11,13-16,20,23-25,28,31-32,34,44H,5,12,17-19,21-22H2,1-4H3,(H,40,45)(H,41,47)(H,42,46)/t28-,31-,32-,34+/m1/s1. The highest BCUT2D eigenvalue weighted by molar-refractivity contribution is 7.09. The third-order valence-corrected chi connectivity index (χ3v) is 9.84. The Hall–Kier alpha value is -4.33. The summed E-state index contributed by atoms with van der Waals surface area (Å²) in [4.78, 5) is 51.0. The number of amides is 4. The molecule has 4 aromatic rings. The van der Waals surface area contributed by atoms with Gasteiger partial charge in [0.1, 0.15) is 12.6 Å². The third kappa shape index (κ3) is 12.5. The van der Waals surface area contributed by atoms with E-state index in [0.29, 0.717) is 19.4 Å². The maximum absolute atomic E-state index is 13.9. The molecule has 2 heterocycles. The van der Waals surface area contributed by atoms with Gasteiger partial charge in [0.05, 0.1) is 39.8 Å². The number of benzene rings is 2. The number of ether oxygens (including phenoxy) is 1. The molecule has 11 nitrogen and oxygen atoms in total. The van der Waals surface area contributed by atoms with Gasteiger partial charge in [0.25, 0.3) is 0 Å². The van der Waals surface area contributed by atoms with Crippen molar-refractivity contribution in [2.45, 2.75) is 90.3 Å². The van der Waals surface area contributed by atoms with Gasteiger partial charge in [-0.15, -0.1) is 22.7 Å².